The number of esters is 1. The van der Waals surface area contributed by atoms with E-state index < -0.39 is 5.97 Å². The fraction of sp³-hybridized carbons (Fsp3) is 0.0588. The van der Waals surface area contributed by atoms with Gasteiger partial charge in [-0.15, -0.1) is 0 Å². The fourth-order valence-electron chi connectivity index (χ4n) is 1.81. The molecule has 20 heavy (non-hydrogen) atoms. The number of benzene rings is 2. The molecule has 3 heteroatoms. The highest BCUT2D eigenvalue weighted by atomic mass is 16.5. The highest BCUT2D eigenvalue weighted by molar-refractivity contribution is 5.98. The molecule has 0 bridgehead atoms. The van der Waals surface area contributed by atoms with Crippen molar-refractivity contribution in [1.82, 2.24) is 0 Å². The Bertz CT molecular complexity index is 723. The number of nitriles is 1. The number of carbonyl (C=O) groups excluding carboxylic acids is 1. The van der Waals surface area contributed by atoms with Crippen LogP contribution in [0.25, 0.3) is 16.8 Å². The van der Waals surface area contributed by atoms with E-state index in [2.05, 4.69) is 6.58 Å². The van der Waals surface area contributed by atoms with Gasteiger partial charge in [0.2, 0.25) is 0 Å². The standard InChI is InChI=1S/C17H13NO2/c1-2-9-20-17(19)16(12-18)11-13-7-8-14-5-3-4-6-15(14)10-13/h2-8,10-11H,1,9H2/b16-11+. The van der Waals surface area contributed by atoms with Gasteiger partial charge < -0.3 is 4.74 Å². The number of nitrogens with zero attached hydrogens (tertiary/aromatic N) is 1. The van der Waals surface area contributed by atoms with Crippen LogP contribution < -0.4 is 0 Å². The van der Waals surface area contributed by atoms with E-state index in [9.17, 15) is 4.79 Å². The second kappa shape index (κ2) is 6.35. The lowest BCUT2D eigenvalue weighted by molar-refractivity contribution is -0.137. The minimum Gasteiger partial charge on any atom is -0.457 e. The maximum absolute atomic E-state index is 11.6. The van der Waals surface area contributed by atoms with Crippen molar-refractivity contribution in [1.29, 1.82) is 5.26 Å². The Balaban J connectivity index is 2.32. The zero-order valence-electron chi connectivity index (χ0n) is 10.9. The lowest BCUT2D eigenvalue weighted by Crippen LogP contribution is -2.06. The summed E-state index contributed by atoms with van der Waals surface area (Å²) in [7, 11) is 0. The molecule has 0 heterocycles. The number of fused-ring (bicyclic) bond motifs is 1. The SMILES string of the molecule is C=CCOC(=O)/C(C#N)=C/c1ccc2ccccc2c1. The van der Waals surface area contributed by atoms with E-state index >= 15 is 0 Å². The molecular formula is C17H13NO2. The molecule has 0 aliphatic heterocycles. The number of rotatable bonds is 4. The van der Waals surface area contributed by atoms with Crippen LogP contribution in [0.5, 0.6) is 0 Å². The van der Waals surface area contributed by atoms with Crippen molar-refractivity contribution in [2.24, 2.45) is 0 Å². The van der Waals surface area contributed by atoms with Gasteiger partial charge in [-0.25, -0.2) is 4.79 Å². The lowest BCUT2D eigenvalue weighted by Gasteiger charge is -2.02. The molecule has 0 amide bonds. The molecule has 2 aromatic rings. The summed E-state index contributed by atoms with van der Waals surface area (Å²) in [6, 6.07) is 15.5. The molecule has 0 atom stereocenters. The van der Waals surface area contributed by atoms with Crippen LogP contribution in [0, 0.1) is 11.3 Å². The Morgan fingerprint density at radius 1 is 1.25 bits per heavy atom. The summed E-state index contributed by atoms with van der Waals surface area (Å²) >= 11 is 0. The van der Waals surface area contributed by atoms with Gasteiger partial charge in [0.15, 0.2) is 0 Å². The summed E-state index contributed by atoms with van der Waals surface area (Å²) in [5.74, 6) is -0.638. The summed E-state index contributed by atoms with van der Waals surface area (Å²) in [6.07, 6.45) is 2.99. The van der Waals surface area contributed by atoms with Gasteiger partial charge in [-0.3, -0.25) is 0 Å². The van der Waals surface area contributed by atoms with Crippen LogP contribution in [-0.4, -0.2) is 12.6 Å². The van der Waals surface area contributed by atoms with Crippen LogP contribution >= 0.6 is 0 Å². The first-order valence-corrected chi connectivity index (χ1v) is 6.13. The Morgan fingerprint density at radius 2 is 2.00 bits per heavy atom. The lowest BCUT2D eigenvalue weighted by atomic mass is 10.1. The minimum absolute atomic E-state index is 0.0258. The van der Waals surface area contributed by atoms with Crippen molar-refractivity contribution in [3.05, 3.63) is 66.3 Å². The summed E-state index contributed by atoms with van der Waals surface area (Å²) < 4.78 is 4.86. The van der Waals surface area contributed by atoms with Gasteiger partial charge in [0, 0.05) is 0 Å². The normalized spacial score (nSPS) is 10.8. The molecular weight excluding hydrogens is 250 g/mol. The third-order valence-electron chi connectivity index (χ3n) is 2.76. The van der Waals surface area contributed by atoms with Crippen LogP contribution in [0.3, 0.4) is 0 Å². The minimum atomic E-state index is -0.638. The maximum Gasteiger partial charge on any atom is 0.349 e. The third-order valence-corrected chi connectivity index (χ3v) is 2.76. The van der Waals surface area contributed by atoms with Gasteiger partial charge in [-0.05, 0) is 28.5 Å². The van der Waals surface area contributed by atoms with Gasteiger partial charge in [0.1, 0.15) is 18.2 Å². The number of carbonyl (C=O) groups is 1. The van der Waals surface area contributed by atoms with E-state index in [1.54, 1.807) is 0 Å². The van der Waals surface area contributed by atoms with Gasteiger partial charge in [-0.1, -0.05) is 49.1 Å². The predicted molar refractivity (Wildman–Crippen MR) is 78.7 cm³/mol. The summed E-state index contributed by atoms with van der Waals surface area (Å²) in [5, 5.41) is 11.2. The van der Waals surface area contributed by atoms with E-state index in [0.717, 1.165) is 16.3 Å². The molecule has 2 aromatic carbocycles. The van der Waals surface area contributed by atoms with Crippen LogP contribution in [0.4, 0.5) is 0 Å². The van der Waals surface area contributed by atoms with Gasteiger partial charge in [0.05, 0.1) is 0 Å². The van der Waals surface area contributed by atoms with Gasteiger partial charge in [-0.2, -0.15) is 5.26 Å². The largest absolute Gasteiger partial charge is 0.457 e. The fourth-order valence-corrected chi connectivity index (χ4v) is 1.81. The molecule has 0 unspecified atom stereocenters. The second-order valence-corrected chi connectivity index (χ2v) is 4.16. The maximum atomic E-state index is 11.6. The predicted octanol–water partition coefficient (Wildman–Crippen LogP) is 3.48. The molecule has 98 valence electrons. The molecule has 0 aromatic heterocycles. The quantitative estimate of drug-likeness (QED) is 0.367. The first kappa shape index (κ1) is 13.6. The number of ether oxygens (including phenoxy) is 1. The highest BCUT2D eigenvalue weighted by Crippen LogP contribution is 2.17. The Hall–Kier alpha value is -2.86. The molecule has 0 fully saturated rings. The first-order valence-electron chi connectivity index (χ1n) is 6.13. The van der Waals surface area contributed by atoms with Crippen LogP contribution in [0.1, 0.15) is 5.56 Å². The van der Waals surface area contributed by atoms with Crippen LogP contribution in [0.2, 0.25) is 0 Å². The van der Waals surface area contributed by atoms with Crippen molar-refractivity contribution in [2.45, 2.75) is 0 Å². The van der Waals surface area contributed by atoms with Gasteiger partial charge in [0.25, 0.3) is 0 Å². The van der Waals surface area contributed by atoms with E-state index in [4.69, 9.17) is 10.00 Å². The smallest absolute Gasteiger partial charge is 0.349 e. The van der Waals surface area contributed by atoms with Crippen molar-refractivity contribution < 1.29 is 9.53 Å². The third kappa shape index (κ3) is 3.12. The second-order valence-electron chi connectivity index (χ2n) is 4.16. The first-order chi connectivity index (χ1) is 9.74. The van der Waals surface area contributed by atoms with E-state index in [0.29, 0.717) is 0 Å². The van der Waals surface area contributed by atoms with Crippen molar-refractivity contribution in [3.8, 4) is 6.07 Å². The zero-order chi connectivity index (χ0) is 14.4. The van der Waals surface area contributed by atoms with Crippen LogP contribution in [0.15, 0.2) is 60.7 Å². The molecule has 3 nitrogen and oxygen atoms in total. The summed E-state index contributed by atoms with van der Waals surface area (Å²) in [4.78, 5) is 11.6. The molecule has 0 saturated carbocycles. The highest BCUT2D eigenvalue weighted by Gasteiger charge is 2.09. The van der Waals surface area contributed by atoms with Crippen molar-refractivity contribution >= 4 is 22.8 Å². The molecule has 0 aliphatic rings. The average Bonchev–Trinajstić information content (AvgIpc) is 2.50. The Morgan fingerprint density at radius 3 is 2.70 bits per heavy atom. The monoisotopic (exact) mass is 263 g/mol. The summed E-state index contributed by atoms with van der Waals surface area (Å²) in [5.41, 5.74) is 0.762. The molecule has 0 saturated heterocycles. The number of hydrogen-bond donors (Lipinski definition) is 0. The molecule has 0 spiro atoms. The molecule has 0 aliphatic carbocycles. The number of hydrogen-bond acceptors (Lipinski definition) is 3. The Labute approximate surface area is 117 Å². The van der Waals surface area contributed by atoms with E-state index in [1.165, 1.54) is 12.2 Å². The molecule has 0 radical (unpaired) electrons. The average molecular weight is 263 g/mol. The molecule has 2 rings (SSSR count). The van der Waals surface area contributed by atoms with E-state index in [1.807, 2.05) is 48.5 Å². The van der Waals surface area contributed by atoms with E-state index in [-0.39, 0.29) is 12.2 Å². The zero-order valence-corrected chi connectivity index (χ0v) is 10.9. The van der Waals surface area contributed by atoms with Crippen molar-refractivity contribution in [3.63, 3.8) is 0 Å². The Kier molecular flexibility index (Phi) is 4.31. The summed E-state index contributed by atoms with van der Waals surface area (Å²) in [6.45, 7) is 3.55. The topological polar surface area (TPSA) is 50.1 Å². The van der Waals surface area contributed by atoms with Crippen LogP contribution in [-0.2, 0) is 9.53 Å². The molecule has 0 N–H and O–H groups in total. The van der Waals surface area contributed by atoms with Crippen molar-refractivity contribution in [2.75, 3.05) is 6.61 Å². The van der Waals surface area contributed by atoms with Gasteiger partial charge >= 0.3 is 5.97 Å².